The van der Waals surface area contributed by atoms with E-state index in [1.807, 2.05) is 7.05 Å². The molecule has 0 aliphatic carbocycles. The first-order valence-electron chi connectivity index (χ1n) is 6.26. The first-order valence-corrected chi connectivity index (χ1v) is 7.34. The van der Waals surface area contributed by atoms with Crippen LogP contribution < -0.4 is 5.32 Å². The summed E-state index contributed by atoms with van der Waals surface area (Å²) in [5.74, 6) is 0. The fraction of sp³-hybridized carbons (Fsp3) is 0.250. The van der Waals surface area contributed by atoms with E-state index in [0.29, 0.717) is 0 Å². The standard InChI is InChI=1S/C16H18IN/c1-3-12-4-6-13(7-5-12)16(18-2)14-8-10-15(17)11-9-14/h4-11,16,18H,3H2,1-2H3. The van der Waals surface area contributed by atoms with Crippen molar-refractivity contribution < 1.29 is 0 Å². The Labute approximate surface area is 123 Å². The van der Waals surface area contributed by atoms with Gasteiger partial charge in [-0.25, -0.2) is 0 Å². The smallest absolute Gasteiger partial charge is 0.0574 e. The number of rotatable bonds is 4. The Morgan fingerprint density at radius 3 is 1.89 bits per heavy atom. The first kappa shape index (κ1) is 13.6. The van der Waals surface area contributed by atoms with Gasteiger partial charge < -0.3 is 5.32 Å². The lowest BCUT2D eigenvalue weighted by Gasteiger charge is -2.17. The van der Waals surface area contributed by atoms with Crippen LogP contribution in [0.3, 0.4) is 0 Å². The third-order valence-electron chi connectivity index (χ3n) is 3.21. The molecule has 0 saturated carbocycles. The fourth-order valence-electron chi connectivity index (χ4n) is 2.13. The molecule has 0 aliphatic rings. The number of hydrogen-bond acceptors (Lipinski definition) is 1. The molecule has 1 unspecified atom stereocenters. The summed E-state index contributed by atoms with van der Waals surface area (Å²) in [6.07, 6.45) is 1.09. The summed E-state index contributed by atoms with van der Waals surface area (Å²) in [7, 11) is 2.01. The molecule has 0 spiro atoms. The summed E-state index contributed by atoms with van der Waals surface area (Å²) >= 11 is 2.34. The predicted octanol–water partition coefficient (Wildman–Crippen LogP) is 4.16. The summed E-state index contributed by atoms with van der Waals surface area (Å²) in [6, 6.07) is 17.8. The van der Waals surface area contributed by atoms with Gasteiger partial charge in [-0.15, -0.1) is 0 Å². The Kier molecular flexibility index (Phi) is 4.78. The molecule has 0 saturated heterocycles. The minimum atomic E-state index is 0.271. The van der Waals surface area contributed by atoms with Crippen LogP contribution in [0.4, 0.5) is 0 Å². The van der Waals surface area contributed by atoms with E-state index in [0.717, 1.165) is 6.42 Å². The topological polar surface area (TPSA) is 12.0 Å². The molecule has 1 atom stereocenters. The van der Waals surface area contributed by atoms with Crippen molar-refractivity contribution in [3.63, 3.8) is 0 Å². The number of aryl methyl sites for hydroxylation is 1. The number of nitrogens with one attached hydrogen (secondary N) is 1. The second-order valence-electron chi connectivity index (χ2n) is 4.37. The second-order valence-corrected chi connectivity index (χ2v) is 5.61. The highest BCUT2D eigenvalue weighted by Crippen LogP contribution is 2.23. The summed E-state index contributed by atoms with van der Waals surface area (Å²) in [4.78, 5) is 0. The number of halogens is 1. The molecule has 0 bridgehead atoms. The molecule has 1 N–H and O–H groups in total. The van der Waals surface area contributed by atoms with Gasteiger partial charge in [0, 0.05) is 3.57 Å². The van der Waals surface area contributed by atoms with Gasteiger partial charge in [0.2, 0.25) is 0 Å². The molecule has 0 fully saturated rings. The van der Waals surface area contributed by atoms with Gasteiger partial charge in [-0.2, -0.15) is 0 Å². The molecular formula is C16H18IN. The lowest BCUT2D eigenvalue weighted by Crippen LogP contribution is -2.17. The molecule has 2 rings (SSSR count). The average molecular weight is 351 g/mol. The van der Waals surface area contributed by atoms with E-state index in [-0.39, 0.29) is 6.04 Å². The van der Waals surface area contributed by atoms with Crippen molar-refractivity contribution in [1.82, 2.24) is 5.32 Å². The van der Waals surface area contributed by atoms with Crippen molar-refractivity contribution in [2.24, 2.45) is 0 Å². The fourth-order valence-corrected chi connectivity index (χ4v) is 2.49. The van der Waals surface area contributed by atoms with Gasteiger partial charge in [0.25, 0.3) is 0 Å². The van der Waals surface area contributed by atoms with Crippen molar-refractivity contribution in [3.05, 3.63) is 68.8 Å². The van der Waals surface area contributed by atoms with Crippen molar-refractivity contribution in [3.8, 4) is 0 Å². The highest BCUT2D eigenvalue weighted by molar-refractivity contribution is 14.1. The Morgan fingerprint density at radius 2 is 1.44 bits per heavy atom. The van der Waals surface area contributed by atoms with E-state index in [4.69, 9.17) is 0 Å². The van der Waals surface area contributed by atoms with Crippen molar-refractivity contribution in [2.75, 3.05) is 7.05 Å². The lowest BCUT2D eigenvalue weighted by atomic mass is 9.97. The van der Waals surface area contributed by atoms with E-state index in [1.54, 1.807) is 0 Å². The summed E-state index contributed by atoms with van der Waals surface area (Å²) in [6.45, 7) is 2.18. The third-order valence-corrected chi connectivity index (χ3v) is 3.93. The molecule has 0 aliphatic heterocycles. The van der Waals surface area contributed by atoms with Crippen LogP contribution in [0.1, 0.15) is 29.7 Å². The SMILES string of the molecule is CCc1ccc(C(NC)c2ccc(I)cc2)cc1. The summed E-state index contributed by atoms with van der Waals surface area (Å²) in [5.41, 5.74) is 4.01. The monoisotopic (exact) mass is 351 g/mol. The van der Waals surface area contributed by atoms with Gasteiger partial charge in [0.15, 0.2) is 0 Å². The molecular weight excluding hydrogens is 333 g/mol. The minimum absolute atomic E-state index is 0.271. The van der Waals surface area contributed by atoms with E-state index >= 15 is 0 Å². The van der Waals surface area contributed by atoms with Gasteiger partial charge in [0.05, 0.1) is 6.04 Å². The van der Waals surface area contributed by atoms with E-state index in [1.165, 1.54) is 20.3 Å². The molecule has 2 heteroatoms. The van der Waals surface area contributed by atoms with E-state index < -0.39 is 0 Å². The Balaban J connectivity index is 2.29. The van der Waals surface area contributed by atoms with Gasteiger partial charge in [-0.1, -0.05) is 43.3 Å². The Hall–Kier alpha value is -0.870. The maximum atomic E-state index is 3.39. The van der Waals surface area contributed by atoms with Crippen LogP contribution in [-0.2, 0) is 6.42 Å². The van der Waals surface area contributed by atoms with Crippen LogP contribution in [0, 0.1) is 3.57 Å². The van der Waals surface area contributed by atoms with Gasteiger partial charge in [-0.05, 0) is 64.9 Å². The molecule has 0 aromatic heterocycles. The van der Waals surface area contributed by atoms with Crippen LogP contribution >= 0.6 is 22.6 Å². The number of hydrogen-bond donors (Lipinski definition) is 1. The van der Waals surface area contributed by atoms with Gasteiger partial charge >= 0.3 is 0 Å². The molecule has 94 valence electrons. The molecule has 1 nitrogen and oxygen atoms in total. The predicted molar refractivity (Wildman–Crippen MR) is 85.9 cm³/mol. The molecule has 0 amide bonds. The zero-order valence-corrected chi connectivity index (χ0v) is 12.9. The first-order chi connectivity index (χ1) is 8.74. The minimum Gasteiger partial charge on any atom is -0.309 e. The summed E-state index contributed by atoms with van der Waals surface area (Å²) < 4.78 is 1.27. The quantitative estimate of drug-likeness (QED) is 0.816. The maximum Gasteiger partial charge on any atom is 0.0574 e. The Morgan fingerprint density at radius 1 is 0.944 bits per heavy atom. The highest BCUT2D eigenvalue weighted by Gasteiger charge is 2.11. The Bertz CT molecular complexity index is 488. The molecule has 2 aromatic carbocycles. The zero-order chi connectivity index (χ0) is 13.0. The van der Waals surface area contributed by atoms with Crippen LogP contribution in [0.25, 0.3) is 0 Å². The maximum absolute atomic E-state index is 3.39. The van der Waals surface area contributed by atoms with Crippen LogP contribution in [-0.4, -0.2) is 7.05 Å². The zero-order valence-electron chi connectivity index (χ0n) is 10.8. The third kappa shape index (κ3) is 3.12. The largest absolute Gasteiger partial charge is 0.309 e. The normalized spacial score (nSPS) is 12.4. The van der Waals surface area contributed by atoms with Crippen LogP contribution in [0.15, 0.2) is 48.5 Å². The van der Waals surface area contributed by atoms with Crippen molar-refractivity contribution in [1.29, 1.82) is 0 Å². The molecule has 0 heterocycles. The lowest BCUT2D eigenvalue weighted by molar-refractivity contribution is 0.691. The van der Waals surface area contributed by atoms with Crippen LogP contribution in [0.5, 0.6) is 0 Å². The van der Waals surface area contributed by atoms with Gasteiger partial charge in [0.1, 0.15) is 0 Å². The van der Waals surface area contributed by atoms with Crippen molar-refractivity contribution >= 4 is 22.6 Å². The molecule has 18 heavy (non-hydrogen) atoms. The van der Waals surface area contributed by atoms with E-state index in [2.05, 4.69) is 83.4 Å². The molecule has 2 aromatic rings. The average Bonchev–Trinajstić information content (AvgIpc) is 2.42. The van der Waals surface area contributed by atoms with Crippen molar-refractivity contribution in [2.45, 2.75) is 19.4 Å². The molecule has 0 radical (unpaired) electrons. The van der Waals surface area contributed by atoms with Gasteiger partial charge in [-0.3, -0.25) is 0 Å². The second kappa shape index (κ2) is 6.34. The highest BCUT2D eigenvalue weighted by atomic mass is 127. The van der Waals surface area contributed by atoms with E-state index in [9.17, 15) is 0 Å². The summed E-state index contributed by atoms with van der Waals surface area (Å²) in [5, 5.41) is 3.39. The number of benzene rings is 2. The van der Waals surface area contributed by atoms with Crippen LogP contribution in [0.2, 0.25) is 0 Å².